The molecule has 1 rings (SSSR count). The van der Waals surface area contributed by atoms with E-state index in [1.807, 2.05) is 0 Å². The molecule has 18 heavy (non-hydrogen) atoms. The van der Waals surface area contributed by atoms with Gasteiger partial charge in [-0.05, 0) is 37.9 Å². The zero-order valence-corrected chi connectivity index (χ0v) is 12.8. The lowest BCUT2D eigenvalue weighted by atomic mass is 10.2. The van der Waals surface area contributed by atoms with Gasteiger partial charge in [-0.25, -0.2) is 4.79 Å². The van der Waals surface area contributed by atoms with E-state index in [9.17, 15) is 14.4 Å². The average Bonchev–Trinajstić information content (AvgIpc) is 2.57. The first-order valence-electron chi connectivity index (χ1n) is 4.58. The molecule has 0 aliphatic heterocycles. The lowest BCUT2D eigenvalue weighted by Gasteiger charge is -2.11. The third-order valence-electron chi connectivity index (χ3n) is 1.88. The smallest absolute Gasteiger partial charge is 0.326 e. The molecule has 1 atom stereocenters. The largest absolute Gasteiger partial charge is 0.480 e. The van der Waals surface area contributed by atoms with Crippen LogP contribution >= 0.6 is 43.2 Å². The summed E-state index contributed by atoms with van der Waals surface area (Å²) < 4.78 is 1.41. The molecule has 1 aromatic heterocycles. The molecule has 1 aromatic rings. The van der Waals surface area contributed by atoms with Gasteiger partial charge in [0.2, 0.25) is 5.91 Å². The van der Waals surface area contributed by atoms with Crippen molar-refractivity contribution in [2.24, 2.45) is 5.73 Å². The van der Waals surface area contributed by atoms with Crippen LogP contribution in [0.4, 0.5) is 0 Å². The summed E-state index contributed by atoms with van der Waals surface area (Å²) in [7, 11) is 0. The van der Waals surface area contributed by atoms with Crippen LogP contribution in [-0.4, -0.2) is 28.9 Å². The van der Waals surface area contributed by atoms with Crippen LogP contribution in [0.15, 0.2) is 14.3 Å². The van der Waals surface area contributed by atoms with E-state index >= 15 is 0 Å². The van der Waals surface area contributed by atoms with Crippen molar-refractivity contribution in [1.82, 2.24) is 5.32 Å². The standard InChI is InChI=1S/C9H8Br2N2O4S/c10-3-1-5(18-7(3)11)8(15)13-4(9(16)17)2-6(12)14/h1,4H,2H2,(H2,12,14)(H,13,15)(H,16,17)/t4-/m0/s1. The highest BCUT2D eigenvalue weighted by Gasteiger charge is 2.23. The number of carbonyl (C=O) groups is 3. The van der Waals surface area contributed by atoms with Crippen LogP contribution in [0.2, 0.25) is 0 Å². The molecule has 0 saturated carbocycles. The molecule has 0 aliphatic carbocycles. The Morgan fingerprint density at radius 1 is 1.44 bits per heavy atom. The molecule has 0 aliphatic rings. The predicted octanol–water partition coefficient (Wildman–Crippen LogP) is 1.33. The molecule has 0 radical (unpaired) electrons. The summed E-state index contributed by atoms with van der Waals surface area (Å²) in [6.07, 6.45) is -0.450. The fourth-order valence-corrected chi connectivity index (χ4v) is 3.03. The zero-order valence-electron chi connectivity index (χ0n) is 8.78. The second kappa shape index (κ2) is 6.30. The zero-order chi connectivity index (χ0) is 13.9. The first kappa shape index (κ1) is 15.1. The minimum atomic E-state index is -1.32. The fourth-order valence-electron chi connectivity index (χ4n) is 1.09. The van der Waals surface area contributed by atoms with Crippen molar-refractivity contribution < 1.29 is 19.5 Å². The van der Waals surface area contributed by atoms with E-state index in [1.54, 1.807) is 6.07 Å². The molecule has 0 unspecified atom stereocenters. The van der Waals surface area contributed by atoms with Crippen molar-refractivity contribution in [2.75, 3.05) is 0 Å². The lowest BCUT2D eigenvalue weighted by Crippen LogP contribution is -2.43. The highest BCUT2D eigenvalue weighted by Crippen LogP contribution is 2.32. The SMILES string of the molecule is NC(=O)C[C@H](NC(=O)c1cc(Br)c(Br)s1)C(=O)O. The van der Waals surface area contributed by atoms with Gasteiger partial charge in [-0.15, -0.1) is 11.3 Å². The van der Waals surface area contributed by atoms with Crippen molar-refractivity contribution in [2.45, 2.75) is 12.5 Å². The van der Waals surface area contributed by atoms with Gasteiger partial charge < -0.3 is 16.2 Å². The van der Waals surface area contributed by atoms with E-state index in [0.29, 0.717) is 9.35 Å². The second-order valence-electron chi connectivity index (χ2n) is 3.27. The minimum Gasteiger partial charge on any atom is -0.480 e. The van der Waals surface area contributed by atoms with Gasteiger partial charge in [0.1, 0.15) is 6.04 Å². The van der Waals surface area contributed by atoms with Gasteiger partial charge >= 0.3 is 5.97 Å². The maximum Gasteiger partial charge on any atom is 0.326 e. The first-order chi connectivity index (χ1) is 8.31. The summed E-state index contributed by atoms with van der Waals surface area (Å²) in [6.45, 7) is 0. The first-order valence-corrected chi connectivity index (χ1v) is 6.98. The quantitative estimate of drug-likeness (QED) is 0.693. The lowest BCUT2D eigenvalue weighted by molar-refractivity contribution is -0.140. The fraction of sp³-hybridized carbons (Fsp3) is 0.222. The number of amides is 2. The van der Waals surface area contributed by atoms with Gasteiger partial charge in [-0.3, -0.25) is 9.59 Å². The molecular weight excluding hydrogens is 392 g/mol. The molecule has 0 saturated heterocycles. The highest BCUT2D eigenvalue weighted by molar-refractivity contribution is 9.13. The number of aliphatic carboxylic acids is 1. The maximum absolute atomic E-state index is 11.7. The van der Waals surface area contributed by atoms with Gasteiger partial charge in [0.15, 0.2) is 0 Å². The van der Waals surface area contributed by atoms with Crippen LogP contribution in [-0.2, 0) is 9.59 Å². The number of carboxylic acids is 1. The molecule has 98 valence electrons. The number of nitrogens with one attached hydrogen (secondary N) is 1. The molecule has 4 N–H and O–H groups in total. The van der Waals surface area contributed by atoms with E-state index in [2.05, 4.69) is 37.2 Å². The van der Waals surface area contributed by atoms with E-state index in [-0.39, 0.29) is 0 Å². The van der Waals surface area contributed by atoms with E-state index < -0.39 is 30.2 Å². The van der Waals surface area contributed by atoms with Gasteiger partial charge in [0.25, 0.3) is 5.91 Å². The maximum atomic E-state index is 11.7. The Hall–Kier alpha value is -0.930. The summed E-state index contributed by atoms with van der Waals surface area (Å²) in [4.78, 5) is 33.6. The average molecular weight is 400 g/mol. The summed E-state index contributed by atoms with van der Waals surface area (Å²) in [6, 6.07) is 0.224. The van der Waals surface area contributed by atoms with Gasteiger partial charge in [-0.2, -0.15) is 0 Å². The molecular formula is C9H8Br2N2O4S. The van der Waals surface area contributed by atoms with Crippen molar-refractivity contribution in [3.8, 4) is 0 Å². The molecule has 1 heterocycles. The molecule has 0 aromatic carbocycles. The Balaban J connectivity index is 2.78. The number of thiophene rings is 1. The Kier molecular flexibility index (Phi) is 5.29. The topological polar surface area (TPSA) is 109 Å². The van der Waals surface area contributed by atoms with Crippen LogP contribution in [0, 0.1) is 0 Å². The van der Waals surface area contributed by atoms with E-state index in [0.717, 1.165) is 15.1 Å². The number of rotatable bonds is 5. The number of carbonyl (C=O) groups excluding carboxylic acids is 2. The van der Waals surface area contributed by atoms with Gasteiger partial charge in [0.05, 0.1) is 15.1 Å². The molecule has 9 heteroatoms. The van der Waals surface area contributed by atoms with Gasteiger partial charge in [0, 0.05) is 4.47 Å². The Morgan fingerprint density at radius 3 is 2.44 bits per heavy atom. The summed E-state index contributed by atoms with van der Waals surface area (Å²) in [5.74, 6) is -2.67. The van der Waals surface area contributed by atoms with Crippen molar-refractivity contribution in [3.05, 3.63) is 19.2 Å². The number of carboxylic acid groups (broad SMARTS) is 1. The second-order valence-corrected chi connectivity index (χ2v) is 6.49. The Bertz CT molecular complexity index is 483. The van der Waals surface area contributed by atoms with Crippen LogP contribution in [0.5, 0.6) is 0 Å². The van der Waals surface area contributed by atoms with E-state index in [1.165, 1.54) is 0 Å². The number of halogens is 2. The molecule has 6 nitrogen and oxygen atoms in total. The molecule has 2 amide bonds. The summed E-state index contributed by atoms with van der Waals surface area (Å²) >= 11 is 7.58. The van der Waals surface area contributed by atoms with Crippen LogP contribution < -0.4 is 11.1 Å². The van der Waals surface area contributed by atoms with Crippen molar-refractivity contribution >= 4 is 61.0 Å². The van der Waals surface area contributed by atoms with E-state index in [4.69, 9.17) is 10.8 Å². The van der Waals surface area contributed by atoms with Crippen molar-refractivity contribution in [1.29, 1.82) is 0 Å². The predicted molar refractivity (Wildman–Crippen MR) is 72.4 cm³/mol. The van der Waals surface area contributed by atoms with Crippen molar-refractivity contribution in [3.63, 3.8) is 0 Å². The third kappa shape index (κ3) is 4.07. The normalized spacial score (nSPS) is 11.9. The minimum absolute atomic E-state index is 0.324. The summed E-state index contributed by atoms with van der Waals surface area (Å²) in [5, 5.41) is 11.1. The number of primary amides is 1. The summed E-state index contributed by atoms with van der Waals surface area (Å²) in [5.41, 5.74) is 4.91. The Labute approximate surface area is 123 Å². The van der Waals surface area contributed by atoms with Gasteiger partial charge in [-0.1, -0.05) is 0 Å². The number of nitrogens with two attached hydrogens (primary N) is 1. The monoisotopic (exact) mass is 398 g/mol. The van der Waals surface area contributed by atoms with Crippen LogP contribution in [0.1, 0.15) is 16.1 Å². The Morgan fingerprint density at radius 2 is 2.06 bits per heavy atom. The third-order valence-corrected chi connectivity index (χ3v) is 5.13. The molecule has 0 spiro atoms. The molecule has 0 bridgehead atoms. The van der Waals surface area contributed by atoms with Crippen LogP contribution in [0.25, 0.3) is 0 Å². The highest BCUT2D eigenvalue weighted by atomic mass is 79.9. The number of hydrogen-bond acceptors (Lipinski definition) is 4. The molecule has 0 fully saturated rings. The van der Waals surface area contributed by atoms with Crippen LogP contribution in [0.3, 0.4) is 0 Å². The number of hydrogen-bond donors (Lipinski definition) is 3.